The van der Waals surface area contributed by atoms with Crippen LogP contribution in [0.4, 0.5) is 0 Å². The van der Waals surface area contributed by atoms with Crippen LogP contribution in [0.3, 0.4) is 0 Å². The van der Waals surface area contributed by atoms with Crippen molar-refractivity contribution < 1.29 is 4.74 Å². The molecule has 0 saturated heterocycles. The van der Waals surface area contributed by atoms with Gasteiger partial charge in [0.05, 0.1) is 11.3 Å². The number of fused-ring (bicyclic) bond motifs is 1. The molecule has 13 heavy (non-hydrogen) atoms. The topological polar surface area (TPSA) is 9.23 Å². The molecular formula is C11H11OS. The summed E-state index contributed by atoms with van der Waals surface area (Å²) in [5.41, 5.74) is 0. The molecule has 0 aliphatic carbocycles. The van der Waals surface area contributed by atoms with Gasteiger partial charge in [0.15, 0.2) is 0 Å². The molecule has 0 amide bonds. The molecular weight excluding hydrogens is 180 g/mol. The van der Waals surface area contributed by atoms with E-state index in [1.807, 2.05) is 19.1 Å². The van der Waals surface area contributed by atoms with E-state index >= 15 is 0 Å². The standard InChI is InChI=1S/C11H11OS/c1-3-12-10-6-4-5-9-7-8(2)13-11(9)10/h4-7H,2-3H2,1H3. The molecule has 2 heteroatoms. The number of thiophene rings is 1. The summed E-state index contributed by atoms with van der Waals surface area (Å²) in [4.78, 5) is 1.09. The Bertz CT molecular complexity index is 417. The molecule has 0 bridgehead atoms. The van der Waals surface area contributed by atoms with E-state index in [9.17, 15) is 0 Å². The smallest absolute Gasteiger partial charge is 0.137 e. The van der Waals surface area contributed by atoms with Crippen molar-refractivity contribution in [3.63, 3.8) is 0 Å². The Morgan fingerprint density at radius 3 is 3.08 bits per heavy atom. The average Bonchev–Trinajstić information content (AvgIpc) is 2.47. The number of benzene rings is 1. The third-order valence-electron chi connectivity index (χ3n) is 1.86. The summed E-state index contributed by atoms with van der Waals surface area (Å²) >= 11 is 1.68. The maximum atomic E-state index is 5.52. The molecule has 0 spiro atoms. The minimum atomic E-state index is 0.712. The van der Waals surface area contributed by atoms with Crippen LogP contribution in [0.25, 0.3) is 10.1 Å². The molecule has 1 nitrogen and oxygen atoms in total. The monoisotopic (exact) mass is 191 g/mol. The minimum Gasteiger partial charge on any atom is -0.492 e. The van der Waals surface area contributed by atoms with Gasteiger partial charge in [0.2, 0.25) is 0 Å². The van der Waals surface area contributed by atoms with Gasteiger partial charge < -0.3 is 4.74 Å². The highest BCUT2D eigenvalue weighted by Crippen LogP contribution is 2.32. The van der Waals surface area contributed by atoms with Crippen LogP contribution in [0.15, 0.2) is 24.3 Å². The third kappa shape index (κ3) is 1.54. The lowest BCUT2D eigenvalue weighted by atomic mass is 10.2. The summed E-state index contributed by atoms with van der Waals surface area (Å²) in [5.74, 6) is 0.972. The predicted molar refractivity (Wildman–Crippen MR) is 57.5 cm³/mol. The summed E-state index contributed by atoms with van der Waals surface area (Å²) in [6.45, 7) is 6.63. The van der Waals surface area contributed by atoms with Crippen LogP contribution in [0.1, 0.15) is 11.8 Å². The molecule has 0 saturated carbocycles. The summed E-state index contributed by atoms with van der Waals surface area (Å²) < 4.78 is 6.72. The molecule has 2 aromatic rings. The van der Waals surface area contributed by atoms with Crippen LogP contribution in [-0.4, -0.2) is 6.61 Å². The Morgan fingerprint density at radius 1 is 1.46 bits per heavy atom. The van der Waals surface area contributed by atoms with Crippen molar-refractivity contribution in [3.8, 4) is 5.75 Å². The van der Waals surface area contributed by atoms with E-state index in [4.69, 9.17) is 4.74 Å². The fourth-order valence-electron chi connectivity index (χ4n) is 1.36. The van der Waals surface area contributed by atoms with Crippen LogP contribution in [-0.2, 0) is 0 Å². The second kappa shape index (κ2) is 3.38. The molecule has 67 valence electrons. The number of hydrogen-bond donors (Lipinski definition) is 0. The van der Waals surface area contributed by atoms with Gasteiger partial charge in [-0.1, -0.05) is 12.1 Å². The minimum absolute atomic E-state index is 0.712. The Hall–Kier alpha value is -1.02. The van der Waals surface area contributed by atoms with Crippen molar-refractivity contribution in [2.75, 3.05) is 6.61 Å². The van der Waals surface area contributed by atoms with Gasteiger partial charge in [-0.15, -0.1) is 11.3 Å². The van der Waals surface area contributed by atoms with Gasteiger partial charge in [0.1, 0.15) is 5.75 Å². The summed E-state index contributed by atoms with van der Waals surface area (Å²) in [5, 5.41) is 1.22. The lowest BCUT2D eigenvalue weighted by Gasteiger charge is -2.02. The first-order valence-electron chi connectivity index (χ1n) is 4.28. The zero-order chi connectivity index (χ0) is 9.26. The SMILES string of the molecule is [CH2]c1cc2cccc(OCC)c2s1. The molecule has 2 rings (SSSR count). The van der Waals surface area contributed by atoms with Crippen LogP contribution in [0.5, 0.6) is 5.75 Å². The van der Waals surface area contributed by atoms with Crippen LogP contribution >= 0.6 is 11.3 Å². The summed E-state index contributed by atoms with van der Waals surface area (Å²) in [7, 11) is 0. The quantitative estimate of drug-likeness (QED) is 0.706. The second-order valence-electron chi connectivity index (χ2n) is 2.82. The van der Waals surface area contributed by atoms with E-state index in [1.165, 1.54) is 10.1 Å². The maximum Gasteiger partial charge on any atom is 0.137 e. The molecule has 1 heterocycles. The lowest BCUT2D eigenvalue weighted by Crippen LogP contribution is -1.90. The number of ether oxygens (including phenoxy) is 1. The third-order valence-corrected chi connectivity index (χ3v) is 2.88. The van der Waals surface area contributed by atoms with E-state index in [1.54, 1.807) is 11.3 Å². The zero-order valence-electron chi connectivity index (χ0n) is 7.54. The first kappa shape index (κ1) is 8.57. The molecule has 0 aliphatic rings. The Balaban J connectivity index is 2.60. The Kier molecular flexibility index (Phi) is 2.23. The van der Waals surface area contributed by atoms with Crippen LogP contribution in [0.2, 0.25) is 0 Å². The van der Waals surface area contributed by atoms with Gasteiger partial charge in [0.25, 0.3) is 0 Å². The highest BCUT2D eigenvalue weighted by atomic mass is 32.1. The van der Waals surface area contributed by atoms with E-state index in [-0.39, 0.29) is 0 Å². The first-order chi connectivity index (χ1) is 6.31. The molecule has 0 aliphatic heterocycles. The predicted octanol–water partition coefficient (Wildman–Crippen LogP) is 3.48. The van der Waals surface area contributed by atoms with Gasteiger partial charge >= 0.3 is 0 Å². The maximum absolute atomic E-state index is 5.52. The van der Waals surface area contributed by atoms with Crippen molar-refractivity contribution >= 4 is 21.4 Å². The van der Waals surface area contributed by atoms with Gasteiger partial charge in [-0.05, 0) is 31.4 Å². The van der Waals surface area contributed by atoms with E-state index in [2.05, 4.69) is 19.1 Å². The fourth-order valence-corrected chi connectivity index (χ4v) is 2.28. The molecule has 1 aromatic heterocycles. The zero-order valence-corrected chi connectivity index (χ0v) is 8.36. The molecule has 0 unspecified atom stereocenters. The lowest BCUT2D eigenvalue weighted by molar-refractivity contribution is 0.345. The van der Waals surface area contributed by atoms with E-state index in [0.717, 1.165) is 10.6 Å². The summed E-state index contributed by atoms with van der Waals surface area (Å²) in [6, 6.07) is 8.19. The van der Waals surface area contributed by atoms with Crippen molar-refractivity contribution in [3.05, 3.63) is 36.1 Å². The largest absolute Gasteiger partial charge is 0.492 e. The molecule has 0 N–H and O–H groups in total. The molecule has 1 aromatic carbocycles. The van der Waals surface area contributed by atoms with Crippen molar-refractivity contribution in [2.24, 2.45) is 0 Å². The highest BCUT2D eigenvalue weighted by Gasteiger charge is 2.03. The molecule has 1 radical (unpaired) electrons. The molecule has 0 fully saturated rings. The number of hydrogen-bond acceptors (Lipinski definition) is 2. The summed E-state index contributed by atoms with van der Waals surface area (Å²) in [6.07, 6.45) is 0. The van der Waals surface area contributed by atoms with E-state index < -0.39 is 0 Å². The Labute approximate surface area is 82.0 Å². The van der Waals surface area contributed by atoms with E-state index in [0.29, 0.717) is 6.61 Å². The van der Waals surface area contributed by atoms with Crippen LogP contribution < -0.4 is 4.74 Å². The van der Waals surface area contributed by atoms with Crippen molar-refractivity contribution in [1.82, 2.24) is 0 Å². The van der Waals surface area contributed by atoms with Crippen molar-refractivity contribution in [2.45, 2.75) is 6.92 Å². The number of rotatable bonds is 2. The van der Waals surface area contributed by atoms with Gasteiger partial charge in [-0.3, -0.25) is 0 Å². The average molecular weight is 191 g/mol. The fraction of sp³-hybridized carbons (Fsp3) is 0.182. The Morgan fingerprint density at radius 2 is 2.31 bits per heavy atom. The van der Waals surface area contributed by atoms with Crippen LogP contribution in [0, 0.1) is 6.92 Å². The van der Waals surface area contributed by atoms with Gasteiger partial charge in [0, 0.05) is 4.88 Å². The normalized spacial score (nSPS) is 10.6. The van der Waals surface area contributed by atoms with Gasteiger partial charge in [-0.2, -0.15) is 0 Å². The van der Waals surface area contributed by atoms with Crippen molar-refractivity contribution in [1.29, 1.82) is 0 Å². The highest BCUT2D eigenvalue weighted by molar-refractivity contribution is 7.19. The second-order valence-corrected chi connectivity index (χ2v) is 3.96. The molecule has 0 atom stereocenters. The first-order valence-corrected chi connectivity index (χ1v) is 5.10. The van der Waals surface area contributed by atoms with Gasteiger partial charge in [-0.25, -0.2) is 0 Å².